The maximum atomic E-state index is 12.0. The van der Waals surface area contributed by atoms with Gasteiger partial charge in [-0.15, -0.1) is 0 Å². The standard InChI is InChI=1S/C24H22N6O4S/c1-2-28-7-9-29(10-8-28)19-6-4-16(13-20(19)30(33)34)22-17-11-15(3-5-18(17)25-14-26-22)12-21-23(31)27-24(32)35-21/h3-6,11-14H,2,7-10H2,1H3,(H,27,31,32). The Morgan fingerprint density at radius 1 is 1.11 bits per heavy atom. The maximum Gasteiger partial charge on any atom is 0.293 e. The van der Waals surface area contributed by atoms with Gasteiger partial charge in [-0.3, -0.25) is 25.0 Å². The summed E-state index contributed by atoms with van der Waals surface area (Å²) in [5.74, 6) is -0.435. The number of nitrogens with one attached hydrogen (secondary N) is 1. The minimum absolute atomic E-state index is 0.0371. The fourth-order valence-corrected chi connectivity index (χ4v) is 5.04. The minimum Gasteiger partial charge on any atom is -0.363 e. The topological polar surface area (TPSA) is 122 Å². The third kappa shape index (κ3) is 4.60. The summed E-state index contributed by atoms with van der Waals surface area (Å²) in [5.41, 5.74) is 3.16. The average molecular weight is 491 g/mol. The molecule has 2 saturated heterocycles. The van der Waals surface area contributed by atoms with Crippen molar-refractivity contribution in [3.05, 3.63) is 63.3 Å². The Labute approximate surface area is 205 Å². The second-order valence-electron chi connectivity index (χ2n) is 8.23. The molecule has 0 unspecified atom stereocenters. The van der Waals surface area contributed by atoms with Gasteiger partial charge in [0.05, 0.1) is 21.0 Å². The van der Waals surface area contributed by atoms with Crippen LogP contribution in [-0.2, 0) is 4.79 Å². The third-order valence-electron chi connectivity index (χ3n) is 6.20. The van der Waals surface area contributed by atoms with Crippen molar-refractivity contribution in [3.8, 4) is 11.3 Å². The van der Waals surface area contributed by atoms with Crippen molar-refractivity contribution in [2.75, 3.05) is 37.6 Å². The Morgan fingerprint density at radius 3 is 2.60 bits per heavy atom. The monoisotopic (exact) mass is 490 g/mol. The van der Waals surface area contributed by atoms with Crippen molar-refractivity contribution in [1.82, 2.24) is 20.2 Å². The summed E-state index contributed by atoms with van der Waals surface area (Å²) in [5, 5.41) is 14.5. The van der Waals surface area contributed by atoms with Crippen LogP contribution in [0.2, 0.25) is 0 Å². The molecule has 0 atom stereocenters. The molecular formula is C24H22N6O4S. The lowest BCUT2D eigenvalue weighted by Gasteiger charge is -2.35. The van der Waals surface area contributed by atoms with Crippen molar-refractivity contribution in [1.29, 1.82) is 0 Å². The third-order valence-corrected chi connectivity index (χ3v) is 7.02. The van der Waals surface area contributed by atoms with Crippen molar-refractivity contribution >= 4 is 51.3 Å². The van der Waals surface area contributed by atoms with Crippen molar-refractivity contribution < 1.29 is 14.5 Å². The second kappa shape index (κ2) is 9.43. The molecule has 3 aromatic rings. The van der Waals surface area contributed by atoms with Crippen LogP contribution in [0.3, 0.4) is 0 Å². The Kier molecular flexibility index (Phi) is 6.18. The van der Waals surface area contributed by atoms with Crippen LogP contribution in [0.15, 0.2) is 47.6 Å². The number of amides is 2. The summed E-state index contributed by atoms with van der Waals surface area (Å²) in [6, 6.07) is 10.6. The number of carbonyl (C=O) groups is 2. The van der Waals surface area contributed by atoms with E-state index in [-0.39, 0.29) is 10.6 Å². The van der Waals surface area contributed by atoms with E-state index in [0.717, 1.165) is 44.5 Å². The highest BCUT2D eigenvalue weighted by Crippen LogP contribution is 2.36. The highest BCUT2D eigenvalue weighted by atomic mass is 32.2. The van der Waals surface area contributed by atoms with E-state index in [9.17, 15) is 19.7 Å². The van der Waals surface area contributed by atoms with Gasteiger partial charge < -0.3 is 9.80 Å². The number of imide groups is 1. The first-order chi connectivity index (χ1) is 16.9. The molecule has 1 N–H and O–H groups in total. The van der Waals surface area contributed by atoms with E-state index in [1.165, 1.54) is 6.33 Å². The number of rotatable bonds is 5. The zero-order valence-electron chi connectivity index (χ0n) is 18.9. The summed E-state index contributed by atoms with van der Waals surface area (Å²) < 4.78 is 0. The molecule has 1 aromatic heterocycles. The maximum absolute atomic E-state index is 12.0. The smallest absolute Gasteiger partial charge is 0.293 e. The lowest BCUT2D eigenvalue weighted by atomic mass is 10.0. The zero-order chi connectivity index (χ0) is 24.5. The largest absolute Gasteiger partial charge is 0.363 e. The summed E-state index contributed by atoms with van der Waals surface area (Å²) in [4.78, 5) is 48.5. The number of fused-ring (bicyclic) bond motifs is 1. The number of anilines is 1. The number of hydrogen-bond donors (Lipinski definition) is 1. The summed E-state index contributed by atoms with van der Waals surface area (Å²) >= 11 is 0.844. The van der Waals surface area contributed by atoms with E-state index in [4.69, 9.17) is 0 Å². The summed E-state index contributed by atoms with van der Waals surface area (Å²) in [6.45, 7) is 6.28. The molecule has 0 aliphatic carbocycles. The van der Waals surface area contributed by atoms with Crippen LogP contribution in [-0.4, -0.2) is 63.7 Å². The molecule has 0 spiro atoms. The molecule has 2 amide bonds. The molecular weight excluding hydrogens is 468 g/mol. The molecule has 2 aromatic carbocycles. The molecule has 0 saturated carbocycles. The van der Waals surface area contributed by atoms with E-state index in [2.05, 4.69) is 32.0 Å². The molecule has 2 aliphatic heterocycles. The van der Waals surface area contributed by atoms with Gasteiger partial charge in [-0.25, -0.2) is 9.97 Å². The highest BCUT2D eigenvalue weighted by Gasteiger charge is 2.26. The van der Waals surface area contributed by atoms with Crippen molar-refractivity contribution in [3.63, 3.8) is 0 Å². The van der Waals surface area contributed by atoms with E-state index in [0.29, 0.717) is 38.3 Å². The molecule has 3 heterocycles. The number of benzene rings is 2. The van der Waals surface area contributed by atoms with Gasteiger partial charge in [-0.05, 0) is 48.1 Å². The first kappa shape index (κ1) is 22.9. The van der Waals surface area contributed by atoms with E-state index < -0.39 is 11.1 Å². The summed E-state index contributed by atoms with van der Waals surface area (Å²) in [6.07, 6.45) is 3.06. The van der Waals surface area contributed by atoms with Crippen LogP contribution in [0, 0.1) is 10.1 Å². The van der Waals surface area contributed by atoms with Crippen LogP contribution in [0.5, 0.6) is 0 Å². The number of hydrogen-bond acceptors (Lipinski definition) is 9. The van der Waals surface area contributed by atoms with E-state index in [1.54, 1.807) is 30.3 Å². The molecule has 2 fully saturated rings. The summed E-state index contributed by atoms with van der Waals surface area (Å²) in [7, 11) is 0. The number of nitrogens with zero attached hydrogens (tertiary/aromatic N) is 5. The minimum atomic E-state index is -0.435. The fourth-order valence-electron chi connectivity index (χ4n) is 4.36. The average Bonchev–Trinajstić information content (AvgIpc) is 3.19. The van der Waals surface area contributed by atoms with Crippen LogP contribution >= 0.6 is 11.8 Å². The number of piperazine rings is 1. The van der Waals surface area contributed by atoms with Gasteiger partial charge in [0.25, 0.3) is 16.8 Å². The quantitative estimate of drug-likeness (QED) is 0.324. The molecule has 11 heteroatoms. The number of carbonyl (C=O) groups excluding carboxylic acids is 2. The number of thioether (sulfide) groups is 1. The van der Waals surface area contributed by atoms with E-state index in [1.807, 2.05) is 12.1 Å². The number of nitro benzene ring substituents is 1. The van der Waals surface area contributed by atoms with Gasteiger partial charge in [0.1, 0.15) is 12.0 Å². The first-order valence-electron chi connectivity index (χ1n) is 11.2. The molecule has 178 valence electrons. The number of likely N-dealkylation sites (N-methyl/N-ethyl adjacent to an activating group) is 1. The fraction of sp³-hybridized carbons (Fsp3) is 0.250. The highest BCUT2D eigenvalue weighted by molar-refractivity contribution is 8.18. The molecule has 0 bridgehead atoms. The lowest BCUT2D eigenvalue weighted by Crippen LogP contribution is -2.46. The normalized spacial score (nSPS) is 17.9. The Balaban J connectivity index is 1.54. The van der Waals surface area contributed by atoms with Gasteiger partial charge in [0.15, 0.2) is 0 Å². The van der Waals surface area contributed by atoms with Gasteiger partial charge in [0.2, 0.25) is 0 Å². The van der Waals surface area contributed by atoms with Gasteiger partial charge >= 0.3 is 0 Å². The van der Waals surface area contributed by atoms with Gasteiger partial charge in [-0.2, -0.15) is 0 Å². The Morgan fingerprint density at radius 2 is 1.91 bits per heavy atom. The first-order valence-corrected chi connectivity index (χ1v) is 12.0. The van der Waals surface area contributed by atoms with Crippen LogP contribution in [0.25, 0.3) is 28.2 Å². The molecule has 35 heavy (non-hydrogen) atoms. The second-order valence-corrected chi connectivity index (χ2v) is 9.25. The van der Waals surface area contributed by atoms with Crippen LogP contribution < -0.4 is 10.2 Å². The van der Waals surface area contributed by atoms with Crippen LogP contribution in [0.4, 0.5) is 16.2 Å². The van der Waals surface area contributed by atoms with Crippen molar-refractivity contribution in [2.24, 2.45) is 0 Å². The van der Waals surface area contributed by atoms with Crippen molar-refractivity contribution in [2.45, 2.75) is 6.92 Å². The Hall–Kier alpha value is -3.83. The Bertz CT molecular complexity index is 1380. The molecule has 2 aliphatic rings. The van der Waals surface area contributed by atoms with Crippen LogP contribution in [0.1, 0.15) is 12.5 Å². The predicted octanol–water partition coefficient (Wildman–Crippen LogP) is 3.67. The molecule has 10 nitrogen and oxygen atoms in total. The van der Waals surface area contributed by atoms with E-state index >= 15 is 0 Å². The predicted molar refractivity (Wildman–Crippen MR) is 135 cm³/mol. The number of nitro groups is 1. The lowest BCUT2D eigenvalue weighted by molar-refractivity contribution is -0.384. The molecule has 0 radical (unpaired) electrons. The number of aromatic nitrogens is 2. The zero-order valence-corrected chi connectivity index (χ0v) is 19.7. The van der Waals surface area contributed by atoms with Gasteiger partial charge in [0, 0.05) is 43.2 Å². The van der Waals surface area contributed by atoms with Gasteiger partial charge in [-0.1, -0.05) is 19.1 Å². The SMILES string of the molecule is CCN1CCN(c2ccc(-c3ncnc4ccc(C=C5SC(=O)NC5=O)cc34)cc2[N+](=O)[O-])CC1. The molecule has 5 rings (SSSR count).